The van der Waals surface area contributed by atoms with Gasteiger partial charge in [-0.25, -0.2) is 33.7 Å². The quantitative estimate of drug-likeness (QED) is 0.0323. The minimum Gasteiger partial charge on any atom is -0.497 e. The van der Waals surface area contributed by atoms with Gasteiger partial charge in [0.05, 0.1) is 77.9 Å². The Labute approximate surface area is 741 Å². The fraction of sp³-hybridized carbons (Fsp3) is 0.440. The molecule has 8 aromatic rings. The fourth-order valence-corrected chi connectivity index (χ4v) is 23.8. The van der Waals surface area contributed by atoms with Crippen LogP contribution in [-0.4, -0.2) is 129 Å². The van der Waals surface area contributed by atoms with E-state index in [0.29, 0.717) is 76.0 Å². The molecule has 24 heteroatoms. The summed E-state index contributed by atoms with van der Waals surface area (Å²) in [7, 11) is -1.17. The SMILES string of the molecule is C=CC[C@@H](C1CC1)[C@@H](C)S(=O)(=O)N(Cc1ccc(OC)cc1)Cc1ccc(OC)cc1.C=CC[C@@H](C1CC1)[C@H](C)S(=O)(=O)N(Cc1ccc(OC)cc1)Cc1ccc(OC)cc1.C=CC[C@H](C1CC1)[C@@H](C)S(=O)(=O)N(Cc1ccc(OC)cc1)Cc1ccc(OC)cc1.C=CC[C@H](C1CC1)[C@H](C)S(=O)(=O)N(Cc1ccc(OC)cc1)Cc1ccc(OC)cc1. The predicted octanol–water partition coefficient (Wildman–Crippen LogP) is 20.1. The van der Waals surface area contributed by atoms with Crippen LogP contribution in [0.5, 0.6) is 46.0 Å². The van der Waals surface area contributed by atoms with E-state index in [4.69, 9.17) is 37.9 Å². The molecule has 8 atom stereocenters. The highest BCUT2D eigenvalue weighted by molar-refractivity contribution is 7.90. The first-order valence-corrected chi connectivity index (χ1v) is 49.0. The molecule has 672 valence electrons. The molecule has 0 bridgehead atoms. The molecule has 0 aliphatic heterocycles. The zero-order valence-corrected chi connectivity index (χ0v) is 77.9. The Morgan fingerprint density at radius 3 is 0.444 bits per heavy atom. The highest BCUT2D eigenvalue weighted by Crippen LogP contribution is 2.47. The van der Waals surface area contributed by atoms with Gasteiger partial charge in [-0.3, -0.25) is 0 Å². The normalized spacial score (nSPS) is 16.0. The van der Waals surface area contributed by atoms with Gasteiger partial charge in [-0.1, -0.05) is 121 Å². The molecule has 0 heterocycles. The second-order valence-electron chi connectivity index (χ2n) is 33.0. The van der Waals surface area contributed by atoms with Gasteiger partial charge < -0.3 is 37.9 Å². The van der Waals surface area contributed by atoms with Crippen LogP contribution in [0.1, 0.15) is 149 Å². The minimum atomic E-state index is -3.53. The van der Waals surface area contributed by atoms with Crippen LogP contribution >= 0.6 is 0 Å². The Balaban J connectivity index is 0.000000187. The molecule has 4 saturated carbocycles. The van der Waals surface area contributed by atoms with E-state index in [0.717, 1.165) is 168 Å². The van der Waals surface area contributed by atoms with E-state index in [2.05, 4.69) is 26.3 Å². The van der Waals surface area contributed by atoms with Gasteiger partial charge in [0.25, 0.3) is 0 Å². The van der Waals surface area contributed by atoms with Gasteiger partial charge in [0.1, 0.15) is 46.0 Å². The molecular formula is C100H132N4O16S4. The zero-order chi connectivity index (χ0) is 89.7. The summed E-state index contributed by atoms with van der Waals surface area (Å²) in [5.41, 5.74) is 7.42. The van der Waals surface area contributed by atoms with E-state index >= 15 is 0 Å². The average Bonchev–Trinajstić information content (AvgIpc) is 1.44. The van der Waals surface area contributed by atoms with Crippen molar-refractivity contribution in [3.63, 3.8) is 0 Å². The molecule has 4 aliphatic carbocycles. The Hall–Kier alpha value is -9.24. The number of rotatable bonds is 48. The first-order chi connectivity index (χ1) is 59.5. The van der Waals surface area contributed by atoms with Crippen molar-refractivity contribution in [2.75, 3.05) is 56.9 Å². The maximum Gasteiger partial charge on any atom is 0.217 e. The van der Waals surface area contributed by atoms with E-state index in [1.807, 2.05) is 246 Å². The largest absolute Gasteiger partial charge is 0.497 e. The van der Waals surface area contributed by atoms with E-state index in [1.54, 1.807) is 74.1 Å². The van der Waals surface area contributed by atoms with E-state index in [9.17, 15) is 33.7 Å². The van der Waals surface area contributed by atoms with Crippen molar-refractivity contribution in [2.24, 2.45) is 47.3 Å². The van der Waals surface area contributed by atoms with E-state index in [-0.39, 0.29) is 23.7 Å². The minimum absolute atomic E-state index is 0.108. The van der Waals surface area contributed by atoms with Gasteiger partial charge >= 0.3 is 0 Å². The number of sulfonamides is 4. The van der Waals surface area contributed by atoms with Crippen LogP contribution in [0.3, 0.4) is 0 Å². The van der Waals surface area contributed by atoms with Crippen LogP contribution in [0.2, 0.25) is 0 Å². The number of benzene rings is 8. The van der Waals surface area contributed by atoms with Crippen molar-refractivity contribution in [2.45, 2.75) is 178 Å². The number of hydrogen-bond acceptors (Lipinski definition) is 16. The van der Waals surface area contributed by atoms with Crippen LogP contribution < -0.4 is 37.9 Å². The summed E-state index contributed by atoms with van der Waals surface area (Å²) in [5.74, 6) is 8.36. The van der Waals surface area contributed by atoms with Gasteiger partial charge in [0.15, 0.2) is 0 Å². The Morgan fingerprint density at radius 1 is 0.242 bits per heavy atom. The van der Waals surface area contributed by atoms with Crippen LogP contribution in [-0.2, 0) is 92.5 Å². The number of hydrogen-bond donors (Lipinski definition) is 0. The summed E-state index contributed by atoms with van der Waals surface area (Å²) in [5, 5.41) is -1.85. The topological polar surface area (TPSA) is 223 Å². The molecule has 8 aromatic carbocycles. The summed E-state index contributed by atoms with van der Waals surface area (Å²) in [4.78, 5) is 0. The first-order valence-electron chi connectivity index (χ1n) is 43.0. The molecule has 0 aromatic heterocycles. The molecule has 0 saturated heterocycles. The molecule has 4 fully saturated rings. The predicted molar refractivity (Wildman–Crippen MR) is 499 cm³/mol. The molecule has 0 radical (unpaired) electrons. The fourth-order valence-electron chi connectivity index (χ4n) is 16.2. The number of ether oxygens (including phenoxy) is 8. The first kappa shape index (κ1) is 98.5. The van der Waals surface area contributed by atoms with Crippen molar-refractivity contribution in [3.05, 3.63) is 289 Å². The molecule has 20 nitrogen and oxygen atoms in total. The number of nitrogens with zero attached hydrogens (tertiary/aromatic N) is 4. The summed E-state index contributed by atoms with van der Waals surface area (Å²) in [6, 6.07) is 60.5. The third-order valence-electron chi connectivity index (χ3n) is 24.5. The highest BCUT2D eigenvalue weighted by Gasteiger charge is 2.46. The summed E-state index contributed by atoms with van der Waals surface area (Å²) < 4.78 is 159. The van der Waals surface area contributed by atoms with Crippen molar-refractivity contribution in [1.29, 1.82) is 0 Å². The monoisotopic (exact) mass is 1770 g/mol. The van der Waals surface area contributed by atoms with Crippen molar-refractivity contribution in [3.8, 4) is 46.0 Å². The third-order valence-corrected chi connectivity index (χ3v) is 33.6. The Bertz CT molecular complexity index is 4250. The van der Waals surface area contributed by atoms with Crippen LogP contribution in [0.15, 0.2) is 245 Å². The van der Waals surface area contributed by atoms with Crippen molar-refractivity contribution >= 4 is 40.1 Å². The van der Waals surface area contributed by atoms with Crippen LogP contribution in [0.25, 0.3) is 0 Å². The highest BCUT2D eigenvalue weighted by atomic mass is 32.2. The summed E-state index contributed by atoms with van der Waals surface area (Å²) >= 11 is 0. The number of allylic oxidation sites excluding steroid dienone is 4. The van der Waals surface area contributed by atoms with Gasteiger partial charge in [0, 0.05) is 52.4 Å². The lowest BCUT2D eigenvalue weighted by atomic mass is 9.96. The second kappa shape index (κ2) is 47.4. The van der Waals surface area contributed by atoms with Crippen molar-refractivity contribution < 1.29 is 71.6 Å². The molecule has 0 amide bonds. The molecule has 12 rings (SSSR count). The van der Waals surface area contributed by atoms with Crippen LogP contribution in [0.4, 0.5) is 0 Å². The lowest BCUT2D eigenvalue weighted by Crippen LogP contribution is -2.40. The van der Waals surface area contributed by atoms with Gasteiger partial charge in [-0.05, 0) is 294 Å². The molecule has 4 aliphatic rings. The van der Waals surface area contributed by atoms with E-state index < -0.39 is 61.1 Å². The summed E-state index contributed by atoms with van der Waals surface area (Å²) in [6.07, 6.45) is 19.2. The second-order valence-corrected chi connectivity index (χ2v) is 42.1. The lowest BCUT2D eigenvalue weighted by Gasteiger charge is -2.30. The maximum atomic E-state index is 13.8. The van der Waals surface area contributed by atoms with Crippen LogP contribution in [0, 0.1) is 47.3 Å². The summed E-state index contributed by atoms with van der Waals surface area (Å²) in [6.45, 7) is 25.4. The third kappa shape index (κ3) is 28.4. The molecular weight excluding hydrogens is 1640 g/mol. The standard InChI is InChI=1S/4C25H33NO4S/c4*1-5-6-25(22-11-12-22)19(2)31(27,28)26(17-20-7-13-23(29-3)14-8-20)18-21-9-15-24(30-4)16-10-21/h4*5,7-10,13-16,19,22,25H,1,6,11-12,17-18H2,2-4H3/t2*19-,25+;2*19-,25-/m1010/s1. The van der Waals surface area contributed by atoms with Crippen molar-refractivity contribution in [1.82, 2.24) is 17.2 Å². The molecule has 0 unspecified atom stereocenters. The zero-order valence-electron chi connectivity index (χ0n) is 74.6. The molecule has 0 N–H and O–H groups in total. The Morgan fingerprint density at radius 2 is 0.355 bits per heavy atom. The number of methoxy groups -OCH3 is 8. The van der Waals surface area contributed by atoms with Gasteiger partial charge in [-0.15, -0.1) is 26.3 Å². The van der Waals surface area contributed by atoms with Gasteiger partial charge in [-0.2, -0.15) is 17.2 Å². The van der Waals surface area contributed by atoms with E-state index in [1.165, 1.54) is 0 Å². The average molecular weight is 1770 g/mol. The maximum absolute atomic E-state index is 13.8. The smallest absolute Gasteiger partial charge is 0.217 e. The lowest BCUT2D eigenvalue weighted by molar-refractivity contribution is 0.366. The molecule has 124 heavy (non-hydrogen) atoms. The molecule has 0 spiro atoms. The Kier molecular flexibility index (Phi) is 37.6. The van der Waals surface area contributed by atoms with Gasteiger partial charge in [0.2, 0.25) is 40.1 Å².